The highest BCUT2D eigenvalue weighted by atomic mass is 28.4. The summed E-state index contributed by atoms with van der Waals surface area (Å²) in [5, 5.41) is 1.97. The first-order valence-electron chi connectivity index (χ1n) is 21.5. The lowest BCUT2D eigenvalue weighted by atomic mass is 9.90. The first-order valence-corrected chi connectivity index (χ1v) is 26.3. The fourth-order valence-corrected chi connectivity index (χ4v) is 12.7. The molecule has 3 aromatic rings. The summed E-state index contributed by atoms with van der Waals surface area (Å²) < 4.78 is 31.5. The van der Waals surface area contributed by atoms with Gasteiger partial charge in [0, 0.05) is 19.3 Å². The van der Waals surface area contributed by atoms with Gasteiger partial charge in [0.05, 0.1) is 13.7 Å². The molecule has 0 N–H and O–H groups in total. The number of rotatable bonds is 19. The van der Waals surface area contributed by atoms with Crippen molar-refractivity contribution in [3.8, 4) is 29.4 Å². The van der Waals surface area contributed by atoms with Crippen LogP contribution in [0.5, 0.6) is 5.75 Å². The minimum atomic E-state index is -3.05. The van der Waals surface area contributed by atoms with Gasteiger partial charge in [-0.3, -0.25) is 9.59 Å². The van der Waals surface area contributed by atoms with E-state index >= 15 is 0 Å². The summed E-state index contributed by atoms with van der Waals surface area (Å²) >= 11 is 0. The summed E-state index contributed by atoms with van der Waals surface area (Å²) in [6, 6.07) is 29.0. The number of benzene rings is 3. The number of hydrogen-bond acceptors (Lipinski definition) is 7. The first kappa shape index (κ1) is 51.1. The molecule has 0 aromatic heterocycles. The van der Waals surface area contributed by atoms with E-state index in [1.165, 1.54) is 0 Å². The van der Waals surface area contributed by atoms with Gasteiger partial charge in [0.25, 0.3) is 8.32 Å². The molecule has 0 spiro atoms. The van der Waals surface area contributed by atoms with E-state index in [-0.39, 0.29) is 41.2 Å². The molecule has 61 heavy (non-hydrogen) atoms. The molecule has 0 amide bonds. The molecule has 0 fully saturated rings. The number of carbonyl (C=O) groups is 2. The molecule has 330 valence electrons. The van der Waals surface area contributed by atoms with Gasteiger partial charge in [0.2, 0.25) is 0 Å². The summed E-state index contributed by atoms with van der Waals surface area (Å²) in [4.78, 5) is 25.4. The Bertz CT molecular complexity index is 1940. The minimum absolute atomic E-state index is 0.0592. The zero-order chi connectivity index (χ0) is 45.5. The number of ether oxygens (including phenoxy) is 3. The number of hydrogen-bond donors (Lipinski definition) is 0. The van der Waals surface area contributed by atoms with Gasteiger partial charge in [-0.05, 0) is 91.3 Å². The fraction of sp³-hybridized carbons (Fsp3) is 0.500. The maximum Gasteiger partial charge on any atom is 0.313 e. The van der Waals surface area contributed by atoms with E-state index in [2.05, 4.69) is 133 Å². The Labute approximate surface area is 370 Å². The number of ketones is 1. The summed E-state index contributed by atoms with van der Waals surface area (Å²) in [5.74, 6) is 13.8. The van der Waals surface area contributed by atoms with Crippen molar-refractivity contribution in [3.05, 3.63) is 103 Å². The molecule has 3 aromatic carbocycles. The minimum Gasteiger partial charge on any atom is -0.497 e. The Hall–Kier alpha value is -4.23. The van der Waals surface area contributed by atoms with Crippen LogP contribution >= 0.6 is 0 Å². The maximum absolute atomic E-state index is 13.0. The Balaban J connectivity index is 2.04. The molecule has 0 saturated heterocycles. The predicted molar refractivity (Wildman–Crippen MR) is 255 cm³/mol. The van der Waals surface area contributed by atoms with Crippen LogP contribution in [0.3, 0.4) is 0 Å². The molecule has 9 heteroatoms. The molecule has 0 aliphatic rings. The van der Waals surface area contributed by atoms with Gasteiger partial charge in [-0.15, -0.1) is 5.92 Å². The van der Waals surface area contributed by atoms with Gasteiger partial charge in [-0.2, -0.15) is 0 Å². The van der Waals surface area contributed by atoms with E-state index in [0.717, 1.165) is 27.3 Å². The van der Waals surface area contributed by atoms with E-state index in [0.29, 0.717) is 25.9 Å². The molecule has 7 nitrogen and oxygen atoms in total. The van der Waals surface area contributed by atoms with Crippen molar-refractivity contribution in [1.82, 2.24) is 0 Å². The second-order valence-corrected chi connectivity index (χ2v) is 28.5. The quantitative estimate of drug-likeness (QED) is 0.0297. The topological polar surface area (TPSA) is 80.3 Å². The highest BCUT2D eigenvalue weighted by Crippen LogP contribution is 2.40. The normalized spacial score (nSPS) is 13.7. The van der Waals surface area contributed by atoms with Crippen LogP contribution < -0.4 is 15.1 Å². The molecule has 0 aliphatic heterocycles. The van der Waals surface area contributed by atoms with Crippen LogP contribution in [-0.4, -0.2) is 59.9 Å². The van der Waals surface area contributed by atoms with Crippen molar-refractivity contribution in [2.24, 2.45) is 5.92 Å². The summed E-state index contributed by atoms with van der Waals surface area (Å²) in [6.45, 7) is 30.1. The van der Waals surface area contributed by atoms with E-state index in [9.17, 15) is 9.59 Å². The van der Waals surface area contributed by atoms with Crippen molar-refractivity contribution in [3.63, 3.8) is 0 Å². The van der Waals surface area contributed by atoms with Gasteiger partial charge in [-0.1, -0.05) is 144 Å². The van der Waals surface area contributed by atoms with Crippen LogP contribution in [0.4, 0.5) is 0 Å². The fourth-order valence-electron chi connectivity index (χ4n) is 6.84. The number of Topliss-reactive ketones (excluding diaryl/α,β-unsaturated/α-hetero) is 1. The van der Waals surface area contributed by atoms with Crippen molar-refractivity contribution in [2.75, 3.05) is 13.7 Å². The van der Waals surface area contributed by atoms with Gasteiger partial charge in [0.15, 0.2) is 8.32 Å². The van der Waals surface area contributed by atoms with Gasteiger partial charge in [0.1, 0.15) is 42.4 Å². The Morgan fingerprint density at radius 3 is 1.77 bits per heavy atom. The lowest BCUT2D eigenvalue weighted by Crippen LogP contribution is -2.67. The molecule has 3 rings (SSSR count). The van der Waals surface area contributed by atoms with E-state index in [1.54, 1.807) is 27.9 Å². The summed E-state index contributed by atoms with van der Waals surface area (Å²) in [6.07, 6.45) is 0.471. The zero-order valence-corrected chi connectivity index (χ0v) is 41.3. The van der Waals surface area contributed by atoms with Crippen molar-refractivity contribution < 1.29 is 32.7 Å². The Morgan fingerprint density at radius 1 is 0.738 bits per heavy atom. The second-order valence-electron chi connectivity index (χ2n) is 19.4. The predicted octanol–water partition coefficient (Wildman–Crippen LogP) is 10.6. The average molecular weight is 865 g/mol. The lowest BCUT2D eigenvalue weighted by Gasteiger charge is -2.45. The van der Waals surface area contributed by atoms with Crippen molar-refractivity contribution in [1.29, 1.82) is 0 Å². The Morgan fingerprint density at radius 2 is 1.28 bits per heavy atom. The monoisotopic (exact) mass is 864 g/mol. The second kappa shape index (κ2) is 22.7. The summed E-state index contributed by atoms with van der Waals surface area (Å²) in [5.41, 5.74) is 1.26. The molecule has 2 unspecified atom stereocenters. The molecular formula is C52H72O7Si2. The van der Waals surface area contributed by atoms with E-state index in [1.807, 2.05) is 43.3 Å². The zero-order valence-electron chi connectivity index (χ0n) is 39.3. The van der Waals surface area contributed by atoms with Gasteiger partial charge in [-0.25, -0.2) is 0 Å². The SMILES string of the molecule is C=C(C)[C@@H](CCC#CC(CC(C#CCOCc1ccc(OC)cc1)O[Si](C)(C)C(C)(C)C)O[Si](c1ccccc1)(c1ccccc1)C(C)(C)C)CC(=O)CC(=O)OC(C)(C)C. The molecular weight excluding hydrogens is 793 g/mol. The smallest absolute Gasteiger partial charge is 0.313 e. The number of methoxy groups -OCH3 is 1. The third kappa shape index (κ3) is 16.2. The number of esters is 1. The molecule has 0 bridgehead atoms. The van der Waals surface area contributed by atoms with Crippen LogP contribution in [0.15, 0.2) is 97.1 Å². The van der Waals surface area contributed by atoms with Crippen LogP contribution in [0, 0.1) is 29.6 Å². The molecule has 0 aliphatic carbocycles. The molecule has 0 saturated carbocycles. The standard InChI is InChI=1S/C52H72O7Si2/c1-40(2)42(36-43(53)37-49(54)57-50(3,4)5)24-21-22-25-46(59-61(52(9,10)11,47-27-17-15-18-28-47)48-29-19-16-20-30-48)38-45(58-60(13,14)51(6,7)8)26-23-35-56-39-41-31-33-44(55-12)34-32-41/h15-20,27-34,42,45-46H,1,21,24,35-39H2,2-14H3/t42-,45?,46?/m0/s1. The van der Waals surface area contributed by atoms with Gasteiger partial charge >= 0.3 is 5.97 Å². The highest BCUT2D eigenvalue weighted by Gasteiger charge is 2.51. The van der Waals surface area contributed by atoms with Crippen LogP contribution in [0.25, 0.3) is 0 Å². The lowest BCUT2D eigenvalue weighted by molar-refractivity contribution is -0.156. The van der Waals surface area contributed by atoms with E-state index < -0.39 is 40.4 Å². The van der Waals surface area contributed by atoms with Gasteiger partial charge < -0.3 is 23.1 Å². The first-order chi connectivity index (χ1) is 28.5. The summed E-state index contributed by atoms with van der Waals surface area (Å²) in [7, 11) is -3.71. The third-order valence-electron chi connectivity index (χ3n) is 11.1. The molecule has 3 atom stereocenters. The maximum atomic E-state index is 13.0. The number of allylic oxidation sites excluding steroid dienone is 1. The van der Waals surface area contributed by atoms with Crippen LogP contribution in [-0.2, 0) is 34.5 Å². The molecule has 0 radical (unpaired) electrons. The third-order valence-corrected chi connectivity index (χ3v) is 20.6. The van der Waals surface area contributed by atoms with Crippen molar-refractivity contribution in [2.45, 2.75) is 149 Å². The van der Waals surface area contributed by atoms with E-state index in [4.69, 9.17) is 23.1 Å². The van der Waals surface area contributed by atoms with Crippen LogP contribution in [0.1, 0.15) is 107 Å². The Kier molecular flexibility index (Phi) is 19.1. The highest BCUT2D eigenvalue weighted by molar-refractivity contribution is 6.99. The molecule has 0 heterocycles. The van der Waals surface area contributed by atoms with Crippen LogP contribution in [0.2, 0.25) is 23.2 Å². The largest absolute Gasteiger partial charge is 0.497 e. The van der Waals surface area contributed by atoms with Crippen molar-refractivity contribution >= 4 is 38.8 Å². The average Bonchev–Trinajstić information content (AvgIpc) is 3.16. The number of carbonyl (C=O) groups excluding carboxylic acids is 2.